The summed E-state index contributed by atoms with van der Waals surface area (Å²) in [6.45, 7) is 4.96. The lowest BCUT2D eigenvalue weighted by atomic mass is 10.0. The summed E-state index contributed by atoms with van der Waals surface area (Å²) in [5, 5.41) is 8.44. The van der Waals surface area contributed by atoms with Crippen LogP contribution < -0.4 is 0 Å². The number of ether oxygens (including phenoxy) is 1. The number of hydrogen-bond donors (Lipinski definition) is 1. The molecule has 0 atom stereocenters. The molecule has 0 aliphatic carbocycles. The summed E-state index contributed by atoms with van der Waals surface area (Å²) < 4.78 is 5.09. The highest BCUT2D eigenvalue weighted by Gasteiger charge is 2.04. The topological polar surface area (TPSA) is 63.6 Å². The van der Waals surface area contributed by atoms with Gasteiger partial charge in [0.1, 0.15) is 0 Å². The summed E-state index contributed by atoms with van der Waals surface area (Å²) in [5.41, 5.74) is 0. The van der Waals surface area contributed by atoms with E-state index in [1.54, 1.807) is 0 Å². The smallest absolute Gasteiger partial charge is 0.305 e. The van der Waals surface area contributed by atoms with Gasteiger partial charge in [0.05, 0.1) is 6.61 Å². The van der Waals surface area contributed by atoms with Crippen LogP contribution in [-0.4, -0.2) is 23.7 Å². The minimum Gasteiger partial charge on any atom is -0.481 e. The summed E-state index contributed by atoms with van der Waals surface area (Å²) in [6, 6.07) is 0. The van der Waals surface area contributed by atoms with Crippen LogP contribution in [0.25, 0.3) is 0 Å². The molecule has 0 heterocycles. The molecule has 0 unspecified atom stereocenters. The van der Waals surface area contributed by atoms with E-state index >= 15 is 0 Å². The zero-order valence-electron chi connectivity index (χ0n) is 12.3. The number of carboxylic acids is 1. The molecule has 4 heteroatoms. The van der Waals surface area contributed by atoms with Gasteiger partial charge in [0.2, 0.25) is 0 Å². The summed E-state index contributed by atoms with van der Waals surface area (Å²) >= 11 is 0. The molecule has 0 aromatic rings. The number of unbranched alkanes of at least 4 members (excludes halogenated alkanes) is 4. The molecule has 4 nitrogen and oxygen atoms in total. The van der Waals surface area contributed by atoms with Crippen molar-refractivity contribution in [2.75, 3.05) is 6.61 Å². The van der Waals surface area contributed by atoms with Gasteiger partial charge >= 0.3 is 11.9 Å². The Hall–Kier alpha value is -1.06. The molecule has 0 saturated heterocycles. The Morgan fingerprint density at radius 1 is 0.947 bits per heavy atom. The Balaban J connectivity index is 3.22. The molecule has 0 rings (SSSR count). The number of aliphatic carboxylic acids is 1. The van der Waals surface area contributed by atoms with Gasteiger partial charge in [0.15, 0.2) is 0 Å². The molecule has 0 aromatic carbocycles. The van der Waals surface area contributed by atoms with Gasteiger partial charge < -0.3 is 9.84 Å². The van der Waals surface area contributed by atoms with E-state index in [0.717, 1.165) is 18.8 Å². The third-order valence-electron chi connectivity index (χ3n) is 2.96. The highest BCUT2D eigenvalue weighted by Crippen LogP contribution is 2.09. The van der Waals surface area contributed by atoms with Gasteiger partial charge in [-0.25, -0.2) is 0 Å². The molecule has 0 aliphatic heterocycles. The Labute approximate surface area is 116 Å². The van der Waals surface area contributed by atoms with Crippen molar-refractivity contribution in [2.24, 2.45) is 5.92 Å². The van der Waals surface area contributed by atoms with Gasteiger partial charge in [-0.1, -0.05) is 39.5 Å². The molecule has 1 N–H and O–H groups in total. The van der Waals surface area contributed by atoms with Gasteiger partial charge in [0.25, 0.3) is 0 Å². The van der Waals surface area contributed by atoms with Crippen molar-refractivity contribution in [3.8, 4) is 0 Å². The Bertz CT molecular complexity index is 249. The number of carbonyl (C=O) groups excluding carboxylic acids is 1. The Morgan fingerprint density at radius 2 is 1.58 bits per heavy atom. The molecule has 0 saturated carbocycles. The number of hydrogen-bond acceptors (Lipinski definition) is 3. The van der Waals surface area contributed by atoms with Crippen LogP contribution in [0.3, 0.4) is 0 Å². The van der Waals surface area contributed by atoms with Crippen molar-refractivity contribution in [1.82, 2.24) is 0 Å². The quantitative estimate of drug-likeness (QED) is 0.434. The van der Waals surface area contributed by atoms with Gasteiger partial charge in [-0.15, -0.1) is 0 Å². The van der Waals surface area contributed by atoms with E-state index in [1.807, 2.05) is 0 Å². The monoisotopic (exact) mass is 272 g/mol. The number of rotatable bonds is 12. The van der Waals surface area contributed by atoms with Crippen LogP contribution in [0.4, 0.5) is 0 Å². The first kappa shape index (κ1) is 17.9. The van der Waals surface area contributed by atoms with Crippen LogP contribution in [0, 0.1) is 5.92 Å². The zero-order chi connectivity index (χ0) is 14.5. The maximum Gasteiger partial charge on any atom is 0.305 e. The maximum absolute atomic E-state index is 11.3. The number of carboxylic acid groups (broad SMARTS) is 1. The first-order valence-electron chi connectivity index (χ1n) is 7.39. The van der Waals surface area contributed by atoms with E-state index < -0.39 is 5.97 Å². The van der Waals surface area contributed by atoms with E-state index in [1.165, 1.54) is 19.3 Å². The summed E-state index contributed by atoms with van der Waals surface area (Å²) in [5.74, 6) is -0.244. The molecule has 19 heavy (non-hydrogen) atoms. The summed E-state index contributed by atoms with van der Waals surface area (Å²) in [7, 11) is 0. The minimum absolute atomic E-state index is 0.128. The van der Waals surface area contributed by atoms with E-state index in [2.05, 4.69) is 13.8 Å². The largest absolute Gasteiger partial charge is 0.481 e. The Kier molecular flexibility index (Phi) is 11.3. The maximum atomic E-state index is 11.3. The molecule has 0 aromatic heterocycles. The average Bonchev–Trinajstić information content (AvgIpc) is 2.33. The van der Waals surface area contributed by atoms with Crippen molar-refractivity contribution in [3.05, 3.63) is 0 Å². The van der Waals surface area contributed by atoms with Crippen LogP contribution in [0.5, 0.6) is 0 Å². The van der Waals surface area contributed by atoms with Crippen molar-refractivity contribution < 1.29 is 19.4 Å². The highest BCUT2D eigenvalue weighted by molar-refractivity contribution is 5.69. The van der Waals surface area contributed by atoms with E-state index in [9.17, 15) is 9.59 Å². The number of carbonyl (C=O) groups is 2. The molecule has 0 radical (unpaired) electrons. The predicted molar refractivity (Wildman–Crippen MR) is 75.0 cm³/mol. The lowest BCUT2D eigenvalue weighted by Crippen LogP contribution is -2.06. The molecule has 0 amide bonds. The van der Waals surface area contributed by atoms with Crippen LogP contribution in [0.15, 0.2) is 0 Å². The second kappa shape index (κ2) is 12.0. The van der Waals surface area contributed by atoms with Gasteiger partial charge in [-0.2, -0.15) is 0 Å². The molecular weight excluding hydrogens is 244 g/mol. The zero-order valence-corrected chi connectivity index (χ0v) is 12.3. The van der Waals surface area contributed by atoms with E-state index in [0.29, 0.717) is 25.9 Å². The fourth-order valence-electron chi connectivity index (χ4n) is 1.81. The Morgan fingerprint density at radius 3 is 2.21 bits per heavy atom. The van der Waals surface area contributed by atoms with Gasteiger partial charge in [-0.05, 0) is 25.2 Å². The minimum atomic E-state index is -0.810. The van der Waals surface area contributed by atoms with E-state index in [-0.39, 0.29) is 12.4 Å². The molecule has 0 bridgehead atoms. The van der Waals surface area contributed by atoms with Crippen molar-refractivity contribution in [2.45, 2.75) is 71.6 Å². The standard InChI is InChI=1S/C15H28O4/c1-13(2)9-5-3-4-8-12-19-15(18)11-7-6-10-14(16)17/h13H,3-12H2,1-2H3,(H,16,17). The summed E-state index contributed by atoms with van der Waals surface area (Å²) in [6.07, 6.45) is 7.36. The van der Waals surface area contributed by atoms with Crippen LogP contribution in [0.1, 0.15) is 71.6 Å². The SMILES string of the molecule is CC(C)CCCCCCOC(=O)CCCCC(=O)O. The summed E-state index contributed by atoms with van der Waals surface area (Å²) in [4.78, 5) is 21.6. The lowest BCUT2D eigenvalue weighted by molar-refractivity contribution is -0.144. The molecule has 0 fully saturated rings. The lowest BCUT2D eigenvalue weighted by Gasteiger charge is -2.06. The van der Waals surface area contributed by atoms with Crippen LogP contribution in [0.2, 0.25) is 0 Å². The molecular formula is C15H28O4. The fourth-order valence-corrected chi connectivity index (χ4v) is 1.81. The van der Waals surface area contributed by atoms with Gasteiger partial charge in [0, 0.05) is 12.8 Å². The molecule has 0 spiro atoms. The first-order chi connectivity index (χ1) is 9.02. The third kappa shape index (κ3) is 14.9. The van der Waals surface area contributed by atoms with Crippen molar-refractivity contribution >= 4 is 11.9 Å². The first-order valence-corrected chi connectivity index (χ1v) is 7.39. The normalized spacial score (nSPS) is 10.7. The van der Waals surface area contributed by atoms with Crippen LogP contribution >= 0.6 is 0 Å². The van der Waals surface area contributed by atoms with Gasteiger partial charge in [-0.3, -0.25) is 9.59 Å². The van der Waals surface area contributed by atoms with Crippen molar-refractivity contribution in [1.29, 1.82) is 0 Å². The average molecular weight is 272 g/mol. The molecule has 0 aliphatic rings. The second-order valence-electron chi connectivity index (χ2n) is 5.42. The van der Waals surface area contributed by atoms with Crippen LogP contribution in [-0.2, 0) is 14.3 Å². The fraction of sp³-hybridized carbons (Fsp3) is 0.867. The van der Waals surface area contributed by atoms with Crippen molar-refractivity contribution in [3.63, 3.8) is 0 Å². The van der Waals surface area contributed by atoms with E-state index in [4.69, 9.17) is 9.84 Å². The second-order valence-corrected chi connectivity index (χ2v) is 5.42. The highest BCUT2D eigenvalue weighted by atomic mass is 16.5. The third-order valence-corrected chi connectivity index (χ3v) is 2.96. The predicted octanol–water partition coefficient (Wildman–Crippen LogP) is 3.78. The number of esters is 1. The molecule has 112 valence electrons.